The Kier molecular flexibility index (Phi) is 4.39. The molecule has 2 N–H and O–H groups in total. The second-order valence-corrected chi connectivity index (χ2v) is 8.61. The van der Waals surface area contributed by atoms with E-state index in [9.17, 15) is 9.90 Å². The van der Waals surface area contributed by atoms with Gasteiger partial charge in [-0.05, 0) is 56.7 Å². The fourth-order valence-corrected chi connectivity index (χ4v) is 4.05. The van der Waals surface area contributed by atoms with Crippen molar-refractivity contribution in [2.24, 2.45) is 0 Å². The number of hydrogen-bond donors (Lipinski definition) is 2. The molecule has 29 heavy (non-hydrogen) atoms. The lowest BCUT2D eigenvalue weighted by atomic mass is 9.92. The lowest BCUT2D eigenvalue weighted by Crippen LogP contribution is -2.30. The number of carbonyl (C=O) groups excluding carboxylic acids is 1. The molecule has 6 nitrogen and oxygen atoms in total. The summed E-state index contributed by atoms with van der Waals surface area (Å²) in [6.07, 6.45) is 5.70. The van der Waals surface area contributed by atoms with Crippen LogP contribution in [0.2, 0.25) is 0 Å². The van der Waals surface area contributed by atoms with E-state index in [0.717, 1.165) is 35.3 Å². The van der Waals surface area contributed by atoms with Gasteiger partial charge in [-0.25, -0.2) is 9.97 Å². The molecule has 1 unspecified atom stereocenters. The topological polar surface area (TPSA) is 80.0 Å². The van der Waals surface area contributed by atoms with Gasteiger partial charge in [-0.3, -0.25) is 14.7 Å². The SMILES string of the molecule is CC(O)(CC(=O)Nc1nc2ccc(C3CC3)nc2n1C1CCC1)c1ccccc1. The first kappa shape index (κ1) is 18.3. The lowest BCUT2D eigenvalue weighted by Gasteiger charge is -2.29. The highest BCUT2D eigenvalue weighted by molar-refractivity contribution is 5.91. The normalized spacial score (nSPS) is 19.0. The Morgan fingerprint density at radius 1 is 1.14 bits per heavy atom. The zero-order valence-corrected chi connectivity index (χ0v) is 16.6. The second-order valence-electron chi connectivity index (χ2n) is 8.61. The minimum atomic E-state index is -1.24. The fourth-order valence-electron chi connectivity index (χ4n) is 4.05. The van der Waals surface area contributed by atoms with Gasteiger partial charge in [-0.1, -0.05) is 30.3 Å². The number of aromatic nitrogens is 3. The summed E-state index contributed by atoms with van der Waals surface area (Å²) in [7, 11) is 0. The molecule has 150 valence electrons. The highest BCUT2D eigenvalue weighted by atomic mass is 16.3. The van der Waals surface area contributed by atoms with Gasteiger partial charge in [-0.15, -0.1) is 0 Å². The molecule has 2 aromatic heterocycles. The summed E-state index contributed by atoms with van der Waals surface area (Å²) in [6, 6.07) is 13.7. The van der Waals surface area contributed by atoms with Crippen molar-refractivity contribution in [1.82, 2.24) is 14.5 Å². The van der Waals surface area contributed by atoms with Gasteiger partial charge < -0.3 is 5.11 Å². The van der Waals surface area contributed by atoms with Gasteiger partial charge in [0.2, 0.25) is 11.9 Å². The van der Waals surface area contributed by atoms with Crippen molar-refractivity contribution >= 4 is 23.0 Å². The first-order valence-electron chi connectivity index (χ1n) is 10.5. The number of rotatable bonds is 6. The van der Waals surface area contributed by atoms with E-state index in [1.54, 1.807) is 6.92 Å². The fraction of sp³-hybridized carbons (Fsp3) is 0.435. The summed E-state index contributed by atoms with van der Waals surface area (Å²) in [6.45, 7) is 1.67. The molecule has 0 bridgehead atoms. The van der Waals surface area contributed by atoms with Crippen molar-refractivity contribution < 1.29 is 9.90 Å². The molecule has 2 saturated carbocycles. The van der Waals surface area contributed by atoms with E-state index < -0.39 is 5.60 Å². The van der Waals surface area contributed by atoms with Crippen LogP contribution in [0.5, 0.6) is 0 Å². The van der Waals surface area contributed by atoms with E-state index in [0.29, 0.717) is 17.9 Å². The predicted molar refractivity (Wildman–Crippen MR) is 112 cm³/mol. The van der Waals surface area contributed by atoms with Crippen molar-refractivity contribution in [3.63, 3.8) is 0 Å². The Morgan fingerprint density at radius 3 is 2.55 bits per heavy atom. The van der Waals surface area contributed by atoms with E-state index in [4.69, 9.17) is 4.98 Å². The molecule has 2 fully saturated rings. The molecule has 1 aromatic carbocycles. The van der Waals surface area contributed by atoms with Crippen LogP contribution in [0.15, 0.2) is 42.5 Å². The summed E-state index contributed by atoms with van der Waals surface area (Å²) in [4.78, 5) is 22.4. The Labute approximate surface area is 170 Å². The Balaban J connectivity index is 1.43. The van der Waals surface area contributed by atoms with Gasteiger partial charge >= 0.3 is 0 Å². The predicted octanol–water partition coefficient (Wildman–Crippen LogP) is 4.27. The number of imidazole rings is 1. The van der Waals surface area contributed by atoms with Crippen molar-refractivity contribution in [3.8, 4) is 0 Å². The zero-order valence-electron chi connectivity index (χ0n) is 16.6. The molecule has 0 aliphatic heterocycles. The number of nitrogens with zero attached hydrogens (tertiary/aromatic N) is 3. The number of benzene rings is 1. The quantitative estimate of drug-likeness (QED) is 0.659. The van der Waals surface area contributed by atoms with Crippen molar-refractivity contribution in [3.05, 3.63) is 53.7 Å². The molecule has 2 aliphatic carbocycles. The molecule has 2 aliphatic rings. The van der Waals surface area contributed by atoms with Gasteiger partial charge in [0.1, 0.15) is 5.52 Å². The third-order valence-electron chi connectivity index (χ3n) is 6.15. The van der Waals surface area contributed by atoms with Crippen LogP contribution in [0.3, 0.4) is 0 Å². The molecule has 6 heteroatoms. The third kappa shape index (κ3) is 3.53. The summed E-state index contributed by atoms with van der Waals surface area (Å²) >= 11 is 0. The smallest absolute Gasteiger partial charge is 0.229 e. The summed E-state index contributed by atoms with van der Waals surface area (Å²) < 4.78 is 2.10. The molecule has 5 rings (SSSR count). The van der Waals surface area contributed by atoms with Crippen LogP contribution in [0, 0.1) is 0 Å². The summed E-state index contributed by atoms with van der Waals surface area (Å²) in [5.74, 6) is 0.860. The standard InChI is InChI=1S/C23H26N4O2/c1-23(29,16-6-3-2-4-7-16)14-20(28)26-22-25-19-13-12-18(15-10-11-15)24-21(19)27(22)17-8-5-9-17/h2-4,6-7,12-13,15,17,29H,5,8-11,14H2,1H3,(H,25,26,28). The van der Waals surface area contributed by atoms with Crippen LogP contribution in [0.1, 0.15) is 68.7 Å². The van der Waals surface area contributed by atoms with E-state index in [1.807, 2.05) is 36.4 Å². The highest BCUT2D eigenvalue weighted by Crippen LogP contribution is 2.41. The highest BCUT2D eigenvalue weighted by Gasteiger charge is 2.31. The molecule has 1 amide bonds. The molecule has 0 radical (unpaired) electrons. The zero-order chi connectivity index (χ0) is 20.0. The maximum atomic E-state index is 12.8. The number of fused-ring (bicyclic) bond motifs is 1. The van der Waals surface area contributed by atoms with Crippen LogP contribution in [-0.4, -0.2) is 25.5 Å². The Bertz CT molecular complexity index is 1050. The lowest BCUT2D eigenvalue weighted by molar-refractivity contribution is -0.120. The number of pyridine rings is 1. The third-order valence-corrected chi connectivity index (χ3v) is 6.15. The minimum Gasteiger partial charge on any atom is -0.385 e. The maximum Gasteiger partial charge on any atom is 0.229 e. The van der Waals surface area contributed by atoms with Gasteiger partial charge in [0.05, 0.1) is 12.0 Å². The molecule has 1 atom stereocenters. The van der Waals surface area contributed by atoms with Crippen molar-refractivity contribution in [2.45, 2.75) is 63.0 Å². The molecule has 3 aromatic rings. The van der Waals surface area contributed by atoms with Crippen molar-refractivity contribution in [1.29, 1.82) is 0 Å². The van der Waals surface area contributed by atoms with Crippen LogP contribution in [0.25, 0.3) is 11.2 Å². The van der Waals surface area contributed by atoms with Crippen LogP contribution in [-0.2, 0) is 10.4 Å². The van der Waals surface area contributed by atoms with Gasteiger partial charge in [0, 0.05) is 17.7 Å². The summed E-state index contributed by atoms with van der Waals surface area (Å²) in [5, 5.41) is 13.8. The van der Waals surface area contributed by atoms with E-state index in [2.05, 4.69) is 20.9 Å². The first-order chi connectivity index (χ1) is 14.0. The van der Waals surface area contributed by atoms with Gasteiger partial charge in [-0.2, -0.15) is 0 Å². The number of amides is 1. The monoisotopic (exact) mass is 390 g/mol. The Morgan fingerprint density at radius 2 is 1.90 bits per heavy atom. The molecular weight excluding hydrogens is 364 g/mol. The molecular formula is C23H26N4O2. The number of carbonyl (C=O) groups is 1. The van der Waals surface area contributed by atoms with Crippen molar-refractivity contribution in [2.75, 3.05) is 5.32 Å². The minimum absolute atomic E-state index is 0.0361. The number of anilines is 1. The summed E-state index contributed by atoms with van der Waals surface area (Å²) in [5.41, 5.74) is 2.28. The van der Waals surface area contributed by atoms with Crippen LogP contribution >= 0.6 is 0 Å². The second kappa shape index (κ2) is 6.95. The number of hydrogen-bond acceptors (Lipinski definition) is 4. The average Bonchev–Trinajstić information content (AvgIpc) is 3.45. The largest absolute Gasteiger partial charge is 0.385 e. The van der Waals surface area contributed by atoms with Crippen LogP contribution < -0.4 is 5.32 Å². The Hall–Kier alpha value is -2.73. The molecule has 0 saturated heterocycles. The van der Waals surface area contributed by atoms with E-state index >= 15 is 0 Å². The van der Waals surface area contributed by atoms with Crippen LogP contribution in [0.4, 0.5) is 5.95 Å². The van der Waals surface area contributed by atoms with Gasteiger partial charge in [0.25, 0.3) is 0 Å². The van der Waals surface area contributed by atoms with E-state index in [1.165, 1.54) is 19.3 Å². The molecule has 2 heterocycles. The molecule has 0 spiro atoms. The maximum absolute atomic E-state index is 12.8. The number of nitrogens with one attached hydrogen (secondary N) is 1. The van der Waals surface area contributed by atoms with E-state index in [-0.39, 0.29) is 12.3 Å². The average molecular weight is 390 g/mol. The number of aliphatic hydroxyl groups is 1. The van der Waals surface area contributed by atoms with Gasteiger partial charge in [0.15, 0.2) is 5.65 Å². The first-order valence-corrected chi connectivity index (χ1v) is 10.5.